The smallest absolute Gasteiger partial charge is 0.336 e. The first-order valence-corrected chi connectivity index (χ1v) is 13.3. The third kappa shape index (κ3) is 3.30. The first-order valence-electron chi connectivity index (χ1n) is 13.3. The monoisotopic (exact) mass is 488 g/mol. The Morgan fingerprint density at radius 2 is 1.89 bits per heavy atom. The number of aliphatic hydroxyl groups excluding tert-OH is 3. The van der Waals surface area contributed by atoms with Crippen LogP contribution in [0.5, 0.6) is 0 Å². The zero-order valence-corrected chi connectivity index (χ0v) is 21.1. The molecule has 4 unspecified atom stereocenters. The van der Waals surface area contributed by atoms with Crippen molar-refractivity contribution in [2.24, 2.45) is 40.4 Å². The fourth-order valence-corrected chi connectivity index (χ4v) is 9.25. The van der Waals surface area contributed by atoms with Crippen molar-refractivity contribution in [1.29, 1.82) is 0 Å². The maximum Gasteiger partial charge on any atom is 0.336 e. The third-order valence-corrected chi connectivity index (χ3v) is 11.3. The van der Waals surface area contributed by atoms with Crippen LogP contribution in [0.25, 0.3) is 0 Å². The number of carbonyl (C=O) groups is 2. The lowest BCUT2D eigenvalue weighted by atomic mass is 9.43. The van der Waals surface area contributed by atoms with Gasteiger partial charge in [-0.1, -0.05) is 18.6 Å². The number of ether oxygens (including phenoxy) is 1. The second kappa shape index (κ2) is 8.51. The molecule has 0 spiro atoms. The molecule has 0 aromatic carbocycles. The van der Waals surface area contributed by atoms with Crippen LogP contribution in [-0.2, 0) is 14.3 Å². The van der Waals surface area contributed by atoms with Crippen LogP contribution in [0.4, 0.5) is 0 Å². The summed E-state index contributed by atoms with van der Waals surface area (Å²) in [5, 5.41) is 42.7. The summed E-state index contributed by atoms with van der Waals surface area (Å²) < 4.78 is 5.75. The summed E-state index contributed by atoms with van der Waals surface area (Å²) in [4.78, 5) is 25.7. The molecule has 5 rings (SSSR count). The highest BCUT2D eigenvalue weighted by Gasteiger charge is 2.69. The zero-order valence-electron chi connectivity index (χ0n) is 21.1. The van der Waals surface area contributed by atoms with E-state index in [2.05, 4.69) is 6.92 Å². The molecule has 5 aliphatic rings. The van der Waals surface area contributed by atoms with E-state index < -0.39 is 29.2 Å². The Kier molecular flexibility index (Phi) is 6.11. The number of rotatable bonds is 4. The number of aliphatic hydroxyl groups is 4. The molecule has 10 atom stereocenters. The van der Waals surface area contributed by atoms with Gasteiger partial charge in [0.2, 0.25) is 0 Å². The van der Waals surface area contributed by atoms with Gasteiger partial charge in [-0.25, -0.2) is 4.79 Å². The maximum absolute atomic E-state index is 13.2. The highest BCUT2D eigenvalue weighted by atomic mass is 16.5. The molecule has 7 heteroatoms. The van der Waals surface area contributed by atoms with Crippen molar-refractivity contribution in [2.75, 3.05) is 13.2 Å². The van der Waals surface area contributed by atoms with Crippen molar-refractivity contribution in [3.05, 3.63) is 23.3 Å². The van der Waals surface area contributed by atoms with Crippen molar-refractivity contribution in [2.45, 2.75) is 83.5 Å². The van der Waals surface area contributed by atoms with Crippen molar-refractivity contribution >= 4 is 11.8 Å². The van der Waals surface area contributed by atoms with Gasteiger partial charge in [0.25, 0.3) is 0 Å². The van der Waals surface area contributed by atoms with Gasteiger partial charge >= 0.3 is 5.97 Å². The van der Waals surface area contributed by atoms with Crippen LogP contribution < -0.4 is 0 Å². The molecular weight excluding hydrogens is 448 g/mol. The number of hydrogen-bond acceptors (Lipinski definition) is 7. The number of fused-ring (bicyclic) bond motifs is 5. The molecule has 0 aromatic heterocycles. The summed E-state index contributed by atoms with van der Waals surface area (Å²) in [5.41, 5.74) is -1.40. The molecule has 0 radical (unpaired) electrons. The second-order valence-corrected chi connectivity index (χ2v) is 12.4. The van der Waals surface area contributed by atoms with Crippen molar-refractivity contribution in [3.8, 4) is 0 Å². The first kappa shape index (κ1) is 25.1. The fourth-order valence-electron chi connectivity index (χ4n) is 9.25. The van der Waals surface area contributed by atoms with Crippen LogP contribution in [-0.4, -0.2) is 63.2 Å². The van der Waals surface area contributed by atoms with E-state index in [9.17, 15) is 30.0 Å². The molecule has 0 bridgehead atoms. The minimum absolute atomic E-state index is 0.00236. The summed E-state index contributed by atoms with van der Waals surface area (Å²) in [6, 6.07) is 0. The van der Waals surface area contributed by atoms with Crippen LogP contribution >= 0.6 is 0 Å². The Labute approximate surface area is 207 Å². The topological polar surface area (TPSA) is 124 Å². The van der Waals surface area contributed by atoms with E-state index >= 15 is 0 Å². The summed E-state index contributed by atoms with van der Waals surface area (Å²) >= 11 is 0. The second-order valence-electron chi connectivity index (χ2n) is 12.4. The van der Waals surface area contributed by atoms with Gasteiger partial charge in [-0.05, 0) is 87.5 Å². The molecule has 1 aliphatic heterocycles. The lowest BCUT2D eigenvalue weighted by Crippen LogP contribution is -2.69. The van der Waals surface area contributed by atoms with Crippen LogP contribution in [0.3, 0.4) is 0 Å². The summed E-state index contributed by atoms with van der Waals surface area (Å²) in [6.45, 7) is 5.57. The standard InChI is InChI=1S/C28H40O7/c1-15-11-22(35-25(33)17(15)13-29)18(14-30)20-7-6-19-16-12-24(32)28(34)9-4-5-23(31)27(28,3)21(16)8-10-26(19,20)2/h4-5,16,18-22,24,29-30,32,34H,6-14H2,1-3H3/t16?,18-,19?,20?,21?,22+,24+,26-,27-,28-/m0/s1. The molecule has 0 amide bonds. The number of hydrogen-bond donors (Lipinski definition) is 4. The Morgan fingerprint density at radius 1 is 1.14 bits per heavy atom. The average Bonchev–Trinajstić information content (AvgIpc) is 3.15. The van der Waals surface area contributed by atoms with E-state index in [1.54, 1.807) is 12.2 Å². The minimum atomic E-state index is -1.43. The average molecular weight is 489 g/mol. The van der Waals surface area contributed by atoms with Gasteiger partial charge in [-0.2, -0.15) is 0 Å². The van der Waals surface area contributed by atoms with E-state index in [1.165, 1.54) is 0 Å². The predicted octanol–water partition coefficient (Wildman–Crippen LogP) is 2.31. The molecule has 4 N–H and O–H groups in total. The van der Waals surface area contributed by atoms with E-state index in [1.807, 2.05) is 13.8 Å². The van der Waals surface area contributed by atoms with Crippen molar-refractivity contribution < 1.29 is 34.8 Å². The van der Waals surface area contributed by atoms with Crippen LogP contribution in [0.2, 0.25) is 0 Å². The Balaban J connectivity index is 1.44. The highest BCUT2D eigenvalue weighted by molar-refractivity contribution is 5.97. The SMILES string of the molecule is CC1=C(CO)C(=O)O[C@@H]([C@@H](CO)C2CCC3C4C[C@@H](O)[C@@]5(O)CC=CC(=O)[C@]5(C)C4CC[C@@]32C)C1. The van der Waals surface area contributed by atoms with Crippen LogP contribution in [0, 0.1) is 40.4 Å². The Morgan fingerprint density at radius 3 is 2.54 bits per heavy atom. The molecule has 0 saturated heterocycles. The molecule has 194 valence electrons. The zero-order chi connectivity index (χ0) is 25.3. The van der Waals surface area contributed by atoms with Gasteiger partial charge in [0.15, 0.2) is 5.78 Å². The molecular formula is C28H40O7. The lowest BCUT2D eigenvalue weighted by Gasteiger charge is -2.63. The maximum atomic E-state index is 13.2. The van der Waals surface area contributed by atoms with Crippen LogP contribution in [0.1, 0.15) is 65.7 Å². The predicted molar refractivity (Wildman–Crippen MR) is 128 cm³/mol. The summed E-state index contributed by atoms with van der Waals surface area (Å²) in [5.74, 6) is -0.252. The number of cyclic esters (lactones) is 1. The largest absolute Gasteiger partial charge is 0.458 e. The molecule has 4 aliphatic carbocycles. The molecule has 7 nitrogen and oxygen atoms in total. The van der Waals surface area contributed by atoms with E-state index in [0.717, 1.165) is 31.3 Å². The number of esters is 1. The number of allylic oxidation sites excluding steroid dienone is 1. The van der Waals surface area contributed by atoms with E-state index in [0.29, 0.717) is 24.8 Å². The van der Waals surface area contributed by atoms with Gasteiger partial charge in [-0.3, -0.25) is 4.79 Å². The van der Waals surface area contributed by atoms with Gasteiger partial charge in [-0.15, -0.1) is 0 Å². The van der Waals surface area contributed by atoms with Crippen LogP contribution in [0.15, 0.2) is 23.3 Å². The summed E-state index contributed by atoms with van der Waals surface area (Å²) in [7, 11) is 0. The fraction of sp³-hybridized carbons (Fsp3) is 0.786. The lowest BCUT2D eigenvalue weighted by molar-refractivity contribution is -0.232. The van der Waals surface area contributed by atoms with Crippen molar-refractivity contribution in [3.63, 3.8) is 0 Å². The Bertz CT molecular complexity index is 970. The molecule has 35 heavy (non-hydrogen) atoms. The van der Waals surface area contributed by atoms with Gasteiger partial charge in [0, 0.05) is 18.9 Å². The Hall–Kier alpha value is -1.54. The van der Waals surface area contributed by atoms with E-state index in [-0.39, 0.29) is 54.0 Å². The molecule has 1 heterocycles. The highest BCUT2D eigenvalue weighted by Crippen LogP contribution is 2.68. The minimum Gasteiger partial charge on any atom is -0.458 e. The number of carbonyl (C=O) groups excluding carboxylic acids is 2. The first-order chi connectivity index (χ1) is 16.5. The normalized spacial score (nSPS) is 48.2. The quantitative estimate of drug-likeness (QED) is 0.448. The van der Waals surface area contributed by atoms with Crippen molar-refractivity contribution in [1.82, 2.24) is 0 Å². The van der Waals surface area contributed by atoms with Gasteiger partial charge in [0.1, 0.15) is 11.7 Å². The van der Waals surface area contributed by atoms with E-state index in [4.69, 9.17) is 4.74 Å². The summed E-state index contributed by atoms with van der Waals surface area (Å²) in [6.07, 6.45) is 6.68. The number of ketones is 1. The molecule has 3 fully saturated rings. The van der Waals surface area contributed by atoms with Gasteiger partial charge in [0.05, 0.1) is 23.7 Å². The molecule has 3 saturated carbocycles. The molecule has 0 aromatic rings. The third-order valence-electron chi connectivity index (χ3n) is 11.3. The van der Waals surface area contributed by atoms with Gasteiger partial charge < -0.3 is 25.2 Å².